The van der Waals surface area contributed by atoms with E-state index in [0.29, 0.717) is 13.0 Å². The van der Waals surface area contributed by atoms with Gasteiger partial charge in [0.2, 0.25) is 0 Å². The Bertz CT molecular complexity index is 231. The zero-order chi connectivity index (χ0) is 13.6. The number of amides is 1. The Morgan fingerprint density at radius 2 is 1.88 bits per heavy atom. The second-order valence-corrected chi connectivity index (χ2v) is 4.98. The molecule has 5 heteroatoms. The van der Waals surface area contributed by atoms with Crippen LogP contribution < -0.4 is 5.73 Å². The van der Waals surface area contributed by atoms with E-state index in [2.05, 4.69) is 0 Å². The molecule has 1 fully saturated rings. The molecule has 1 aliphatic heterocycles. The molecule has 0 aliphatic carbocycles. The molecule has 0 spiro atoms. The van der Waals surface area contributed by atoms with Gasteiger partial charge in [-0.25, -0.2) is 9.18 Å². The molecule has 1 aliphatic rings. The summed E-state index contributed by atoms with van der Waals surface area (Å²) in [6.07, 6.45) is -1.21. The van der Waals surface area contributed by atoms with Crippen LogP contribution in [0.25, 0.3) is 0 Å². The van der Waals surface area contributed by atoms with Crippen molar-refractivity contribution in [1.82, 2.24) is 4.90 Å². The summed E-state index contributed by atoms with van der Waals surface area (Å²) < 4.78 is 18.3. The summed E-state index contributed by atoms with van der Waals surface area (Å²) in [5.41, 5.74) is 5.08. The lowest BCUT2D eigenvalue weighted by Gasteiger charge is -2.34. The highest BCUT2D eigenvalue weighted by molar-refractivity contribution is 5.68. The summed E-state index contributed by atoms with van der Waals surface area (Å²) in [6, 6.07) is -0.290. The molecule has 2 N–H and O–H groups in total. The van der Waals surface area contributed by atoms with Gasteiger partial charge in [0.05, 0.1) is 6.54 Å². The first-order valence-corrected chi connectivity index (χ1v) is 6.15. The van der Waals surface area contributed by atoms with Gasteiger partial charge in [-0.3, -0.25) is 0 Å². The van der Waals surface area contributed by atoms with Crippen molar-refractivity contribution < 1.29 is 13.9 Å². The van der Waals surface area contributed by atoms with Crippen LogP contribution in [0.5, 0.6) is 0 Å². The molecule has 0 aromatic heterocycles. The summed E-state index contributed by atoms with van der Waals surface area (Å²) in [5, 5.41) is 0. The number of piperidine rings is 1. The topological polar surface area (TPSA) is 55.6 Å². The number of nitrogens with two attached hydrogens (primary N) is 1. The fourth-order valence-electron chi connectivity index (χ4n) is 1.55. The molecule has 4 nitrogen and oxygen atoms in total. The van der Waals surface area contributed by atoms with Crippen LogP contribution in [0.15, 0.2) is 0 Å². The first kappa shape index (κ1) is 16.2. The summed E-state index contributed by atoms with van der Waals surface area (Å²) >= 11 is 0. The van der Waals surface area contributed by atoms with Gasteiger partial charge >= 0.3 is 6.09 Å². The number of hydrogen-bond acceptors (Lipinski definition) is 3. The van der Waals surface area contributed by atoms with Crippen molar-refractivity contribution in [1.29, 1.82) is 0 Å². The minimum Gasteiger partial charge on any atom is -0.444 e. The van der Waals surface area contributed by atoms with Gasteiger partial charge in [-0.1, -0.05) is 13.8 Å². The molecular weight excluding hydrogens is 223 g/mol. The van der Waals surface area contributed by atoms with Gasteiger partial charge in [0.1, 0.15) is 11.8 Å². The number of ether oxygens (including phenoxy) is 1. The average Bonchev–Trinajstić information content (AvgIpc) is 2.16. The number of alkyl halides is 1. The Balaban J connectivity index is 0.00000121. The molecule has 102 valence electrons. The minimum absolute atomic E-state index is 0.0859. The molecule has 1 saturated heterocycles. The molecule has 1 rings (SSSR count). The molecule has 1 heterocycles. The third-order valence-electron chi connectivity index (χ3n) is 2.08. The van der Waals surface area contributed by atoms with Gasteiger partial charge in [-0.05, 0) is 27.2 Å². The largest absolute Gasteiger partial charge is 0.444 e. The Kier molecular flexibility index (Phi) is 6.45. The Morgan fingerprint density at radius 3 is 2.29 bits per heavy atom. The van der Waals surface area contributed by atoms with E-state index in [9.17, 15) is 9.18 Å². The van der Waals surface area contributed by atoms with Crippen LogP contribution in [0.3, 0.4) is 0 Å². The van der Waals surface area contributed by atoms with E-state index in [1.807, 2.05) is 13.8 Å². The highest BCUT2D eigenvalue weighted by Crippen LogP contribution is 2.16. The standard InChI is InChI=1S/C10H19FN2O2.C2H6/c1-10(2,3)15-9(14)13-5-7(11)4-8(12)6-13;1-2/h7-8H,4-6,12H2,1-3H3;1-2H3. The maximum Gasteiger partial charge on any atom is 0.410 e. The third-order valence-corrected chi connectivity index (χ3v) is 2.08. The molecule has 0 radical (unpaired) electrons. The molecule has 0 bridgehead atoms. The highest BCUT2D eigenvalue weighted by Gasteiger charge is 2.30. The normalized spacial score (nSPS) is 24.8. The molecular formula is C12H25FN2O2. The van der Waals surface area contributed by atoms with Crippen molar-refractivity contribution in [3.05, 3.63) is 0 Å². The van der Waals surface area contributed by atoms with E-state index >= 15 is 0 Å². The monoisotopic (exact) mass is 248 g/mol. The Hall–Kier alpha value is -0.840. The second kappa shape index (κ2) is 6.79. The van der Waals surface area contributed by atoms with Crippen molar-refractivity contribution in [2.24, 2.45) is 5.73 Å². The van der Waals surface area contributed by atoms with Crippen molar-refractivity contribution >= 4 is 6.09 Å². The fourth-order valence-corrected chi connectivity index (χ4v) is 1.55. The zero-order valence-corrected chi connectivity index (χ0v) is 11.5. The smallest absolute Gasteiger partial charge is 0.410 e. The van der Waals surface area contributed by atoms with E-state index < -0.39 is 17.9 Å². The summed E-state index contributed by atoms with van der Waals surface area (Å²) in [6.45, 7) is 9.79. The number of likely N-dealkylation sites (tertiary alicyclic amines) is 1. The fraction of sp³-hybridized carbons (Fsp3) is 0.917. The van der Waals surface area contributed by atoms with Crippen LogP contribution in [0.2, 0.25) is 0 Å². The van der Waals surface area contributed by atoms with E-state index in [1.165, 1.54) is 4.90 Å². The Labute approximate surface area is 103 Å². The summed E-state index contributed by atoms with van der Waals surface area (Å²) in [4.78, 5) is 12.9. The molecule has 0 aromatic carbocycles. The van der Waals surface area contributed by atoms with Crippen LogP contribution >= 0.6 is 0 Å². The zero-order valence-electron chi connectivity index (χ0n) is 11.5. The van der Waals surface area contributed by atoms with Gasteiger partial charge < -0.3 is 15.4 Å². The van der Waals surface area contributed by atoms with Crippen LogP contribution in [-0.4, -0.2) is 41.9 Å². The van der Waals surface area contributed by atoms with Crippen LogP contribution in [0.1, 0.15) is 41.0 Å². The highest BCUT2D eigenvalue weighted by atomic mass is 19.1. The minimum atomic E-state index is -1.04. The quantitative estimate of drug-likeness (QED) is 0.715. The molecule has 0 aromatic rings. The molecule has 17 heavy (non-hydrogen) atoms. The number of halogens is 1. The molecule has 2 atom stereocenters. The van der Waals surface area contributed by atoms with Crippen molar-refractivity contribution in [3.63, 3.8) is 0 Å². The number of carbonyl (C=O) groups excluding carboxylic acids is 1. The van der Waals surface area contributed by atoms with Gasteiger partial charge in [-0.2, -0.15) is 0 Å². The summed E-state index contributed by atoms with van der Waals surface area (Å²) in [7, 11) is 0. The number of nitrogens with zero attached hydrogens (tertiary/aromatic N) is 1. The average molecular weight is 248 g/mol. The number of hydrogen-bond donors (Lipinski definition) is 1. The van der Waals surface area contributed by atoms with Crippen LogP contribution in [-0.2, 0) is 4.74 Å². The maximum absolute atomic E-state index is 13.1. The Morgan fingerprint density at radius 1 is 1.35 bits per heavy atom. The first-order valence-electron chi connectivity index (χ1n) is 6.15. The van der Waals surface area contributed by atoms with Crippen LogP contribution in [0.4, 0.5) is 9.18 Å². The van der Waals surface area contributed by atoms with E-state index in [-0.39, 0.29) is 12.6 Å². The van der Waals surface area contributed by atoms with Gasteiger partial charge in [0.15, 0.2) is 0 Å². The predicted molar refractivity (Wildman–Crippen MR) is 66.6 cm³/mol. The van der Waals surface area contributed by atoms with Gasteiger partial charge in [0, 0.05) is 12.6 Å². The lowest BCUT2D eigenvalue weighted by molar-refractivity contribution is 0.0115. The number of rotatable bonds is 0. The van der Waals surface area contributed by atoms with Gasteiger partial charge in [-0.15, -0.1) is 0 Å². The molecule has 1 amide bonds. The lowest BCUT2D eigenvalue weighted by atomic mass is 10.1. The van der Waals surface area contributed by atoms with Crippen molar-refractivity contribution in [2.45, 2.75) is 58.9 Å². The molecule has 2 unspecified atom stereocenters. The van der Waals surface area contributed by atoms with E-state index in [0.717, 1.165) is 0 Å². The summed E-state index contributed by atoms with van der Waals surface area (Å²) in [5.74, 6) is 0. The van der Waals surface area contributed by atoms with Gasteiger partial charge in [0.25, 0.3) is 0 Å². The third kappa shape index (κ3) is 6.46. The lowest BCUT2D eigenvalue weighted by Crippen LogP contribution is -2.51. The maximum atomic E-state index is 13.1. The number of carbonyl (C=O) groups is 1. The second-order valence-electron chi connectivity index (χ2n) is 4.98. The van der Waals surface area contributed by atoms with Crippen LogP contribution in [0, 0.1) is 0 Å². The first-order chi connectivity index (χ1) is 7.78. The van der Waals surface area contributed by atoms with E-state index in [1.54, 1.807) is 20.8 Å². The van der Waals surface area contributed by atoms with E-state index in [4.69, 9.17) is 10.5 Å². The SMILES string of the molecule is CC.CC(C)(C)OC(=O)N1CC(N)CC(F)C1. The van der Waals surface area contributed by atoms with Crippen molar-refractivity contribution in [3.8, 4) is 0 Å². The van der Waals surface area contributed by atoms with Crippen molar-refractivity contribution in [2.75, 3.05) is 13.1 Å². The molecule has 0 saturated carbocycles. The predicted octanol–water partition coefficient (Wildman–Crippen LogP) is 2.32.